The number of fused-ring (bicyclic) bond motifs is 1. The number of oxazole rings is 1. The predicted octanol–water partition coefficient (Wildman–Crippen LogP) is 2.35. The maximum atomic E-state index is 13.0. The number of aryl methyl sites for hydroxylation is 1. The Hall–Kier alpha value is -3.09. The molecule has 182 valence electrons. The molecule has 0 aliphatic carbocycles. The molecule has 0 unspecified atom stereocenters. The number of hydrogen-bond acceptors (Lipinski definition) is 8. The largest absolute Gasteiger partial charge is 0.462 e. The molecule has 0 saturated carbocycles. The molecule has 1 aromatic heterocycles. The van der Waals surface area contributed by atoms with E-state index < -0.39 is 33.7 Å². The molecule has 0 aliphatic heterocycles. The Balaban J connectivity index is 1.78. The van der Waals surface area contributed by atoms with Gasteiger partial charge in [0, 0.05) is 18.8 Å². The predicted molar refractivity (Wildman–Crippen MR) is 130 cm³/mol. The summed E-state index contributed by atoms with van der Waals surface area (Å²) < 4.78 is 39.7. The Morgan fingerprint density at radius 1 is 1.18 bits per heavy atom. The van der Waals surface area contributed by atoms with Crippen LogP contribution in [-0.2, 0) is 26.6 Å². The number of anilines is 1. The van der Waals surface area contributed by atoms with Gasteiger partial charge in [-0.3, -0.25) is 9.36 Å². The Labute approximate surface area is 200 Å². The van der Waals surface area contributed by atoms with E-state index in [1.807, 2.05) is 6.26 Å². The van der Waals surface area contributed by atoms with Crippen LogP contribution >= 0.6 is 11.8 Å². The van der Waals surface area contributed by atoms with Crippen LogP contribution in [-0.4, -0.2) is 49.5 Å². The molecule has 34 heavy (non-hydrogen) atoms. The van der Waals surface area contributed by atoms with Gasteiger partial charge in [0.1, 0.15) is 6.04 Å². The fourth-order valence-corrected chi connectivity index (χ4v) is 4.87. The lowest BCUT2D eigenvalue weighted by Crippen LogP contribution is -2.44. The van der Waals surface area contributed by atoms with Gasteiger partial charge in [-0.2, -0.15) is 16.5 Å². The number of esters is 1. The molecule has 1 atom stereocenters. The Morgan fingerprint density at radius 3 is 2.53 bits per heavy atom. The van der Waals surface area contributed by atoms with E-state index in [-0.39, 0.29) is 23.5 Å². The van der Waals surface area contributed by atoms with Crippen LogP contribution in [0.4, 0.5) is 5.69 Å². The first kappa shape index (κ1) is 25.5. The second kappa shape index (κ2) is 10.9. The highest BCUT2D eigenvalue weighted by Gasteiger charge is 2.26. The minimum Gasteiger partial charge on any atom is -0.462 e. The second-order valence-corrected chi connectivity index (χ2v) is 10.00. The van der Waals surface area contributed by atoms with Crippen molar-refractivity contribution in [1.29, 1.82) is 0 Å². The maximum absolute atomic E-state index is 13.0. The molecule has 3 rings (SSSR count). The number of hydrogen-bond donors (Lipinski definition) is 2. The Bertz CT molecular complexity index is 1350. The molecule has 10 nitrogen and oxygen atoms in total. The zero-order valence-electron chi connectivity index (χ0n) is 18.9. The Kier molecular flexibility index (Phi) is 8.18. The topological polar surface area (TPSA) is 137 Å². The monoisotopic (exact) mass is 507 g/mol. The molecule has 0 aliphatic rings. The number of nitrogens with one attached hydrogen (secondary N) is 2. The van der Waals surface area contributed by atoms with E-state index in [4.69, 9.17) is 9.15 Å². The van der Waals surface area contributed by atoms with Gasteiger partial charge in [0.2, 0.25) is 15.9 Å². The van der Waals surface area contributed by atoms with Crippen LogP contribution in [0, 0.1) is 0 Å². The summed E-state index contributed by atoms with van der Waals surface area (Å²) in [5, 5.41) is 2.67. The smallest absolute Gasteiger partial charge is 0.419 e. The quantitative estimate of drug-likeness (QED) is 0.399. The van der Waals surface area contributed by atoms with E-state index in [1.165, 1.54) is 65.8 Å². The number of aromatic nitrogens is 1. The van der Waals surface area contributed by atoms with E-state index in [2.05, 4.69) is 10.0 Å². The van der Waals surface area contributed by atoms with Gasteiger partial charge in [-0.15, -0.1) is 0 Å². The third-order valence-corrected chi connectivity index (χ3v) is 7.08. The van der Waals surface area contributed by atoms with Gasteiger partial charge in [-0.1, -0.05) is 0 Å². The van der Waals surface area contributed by atoms with Crippen LogP contribution in [0.25, 0.3) is 11.1 Å². The lowest BCUT2D eigenvalue weighted by Gasteiger charge is -2.18. The van der Waals surface area contributed by atoms with Crippen molar-refractivity contribution in [3.05, 3.63) is 58.6 Å². The summed E-state index contributed by atoms with van der Waals surface area (Å²) in [6, 6.07) is 9.10. The van der Waals surface area contributed by atoms with Crippen LogP contribution in [0.5, 0.6) is 0 Å². The third kappa shape index (κ3) is 5.88. The average molecular weight is 508 g/mol. The summed E-state index contributed by atoms with van der Waals surface area (Å²) >= 11 is 1.47. The number of sulfonamides is 1. The summed E-state index contributed by atoms with van der Waals surface area (Å²) in [6.45, 7) is 1.95. The third-order valence-electron chi connectivity index (χ3n) is 4.96. The molecule has 0 radical (unpaired) electrons. The van der Waals surface area contributed by atoms with Crippen molar-refractivity contribution in [3.8, 4) is 0 Å². The first-order valence-electron chi connectivity index (χ1n) is 10.3. The lowest BCUT2D eigenvalue weighted by molar-refractivity contribution is -0.117. The summed E-state index contributed by atoms with van der Waals surface area (Å²) in [6.07, 6.45) is 2.10. The van der Waals surface area contributed by atoms with Gasteiger partial charge in [0.05, 0.1) is 22.6 Å². The number of rotatable bonds is 10. The molecule has 0 fully saturated rings. The van der Waals surface area contributed by atoms with Crippen molar-refractivity contribution in [2.75, 3.05) is 23.9 Å². The van der Waals surface area contributed by atoms with Crippen molar-refractivity contribution >= 4 is 50.4 Å². The van der Waals surface area contributed by atoms with Crippen molar-refractivity contribution in [2.24, 2.45) is 7.05 Å². The summed E-state index contributed by atoms with van der Waals surface area (Å²) in [5.74, 6) is -1.09. The fourth-order valence-electron chi connectivity index (χ4n) is 3.15. The zero-order chi connectivity index (χ0) is 24.9. The molecule has 0 saturated heterocycles. The molecule has 1 heterocycles. The maximum Gasteiger partial charge on any atom is 0.419 e. The van der Waals surface area contributed by atoms with Crippen molar-refractivity contribution in [2.45, 2.75) is 24.3 Å². The second-order valence-electron chi connectivity index (χ2n) is 7.30. The van der Waals surface area contributed by atoms with Crippen molar-refractivity contribution in [1.82, 2.24) is 9.29 Å². The first-order chi connectivity index (χ1) is 16.2. The highest BCUT2D eigenvalue weighted by atomic mass is 32.2. The summed E-state index contributed by atoms with van der Waals surface area (Å²) in [4.78, 5) is 36.3. The van der Waals surface area contributed by atoms with Crippen LogP contribution in [0.3, 0.4) is 0 Å². The first-order valence-corrected chi connectivity index (χ1v) is 13.2. The van der Waals surface area contributed by atoms with E-state index in [0.29, 0.717) is 22.5 Å². The molecule has 2 aromatic carbocycles. The van der Waals surface area contributed by atoms with E-state index in [0.717, 1.165) is 0 Å². The minimum absolute atomic E-state index is 0.127. The molecule has 1 amide bonds. The van der Waals surface area contributed by atoms with Gasteiger partial charge in [0.15, 0.2) is 5.58 Å². The van der Waals surface area contributed by atoms with Gasteiger partial charge in [0.25, 0.3) is 0 Å². The van der Waals surface area contributed by atoms with Crippen LogP contribution in [0.2, 0.25) is 0 Å². The van der Waals surface area contributed by atoms with Crippen molar-refractivity contribution < 1.29 is 27.2 Å². The van der Waals surface area contributed by atoms with Crippen LogP contribution < -0.4 is 15.8 Å². The molecule has 0 spiro atoms. The lowest BCUT2D eigenvalue weighted by atomic mass is 10.2. The number of ether oxygens (including phenoxy) is 1. The fraction of sp³-hybridized carbons (Fsp3) is 0.318. The summed E-state index contributed by atoms with van der Waals surface area (Å²) in [7, 11) is -2.58. The van der Waals surface area contributed by atoms with E-state index in [9.17, 15) is 22.8 Å². The molecule has 0 bridgehead atoms. The number of carbonyl (C=O) groups is 2. The number of carbonyl (C=O) groups excluding carboxylic acids is 2. The molecular weight excluding hydrogens is 482 g/mol. The average Bonchev–Trinajstić information content (AvgIpc) is 3.10. The molecule has 2 N–H and O–H groups in total. The number of amides is 1. The number of nitrogens with zero attached hydrogens (tertiary/aromatic N) is 1. The van der Waals surface area contributed by atoms with Crippen molar-refractivity contribution in [3.63, 3.8) is 0 Å². The highest BCUT2D eigenvalue weighted by molar-refractivity contribution is 7.98. The SMILES string of the molecule is CCOC(=O)c1ccc(NC(=O)[C@H](CCSC)NS(=O)(=O)c2ccc3c(c2)oc(=O)n3C)cc1. The van der Waals surface area contributed by atoms with Gasteiger partial charge >= 0.3 is 11.7 Å². The zero-order valence-corrected chi connectivity index (χ0v) is 20.5. The highest BCUT2D eigenvalue weighted by Crippen LogP contribution is 2.19. The molecule has 12 heteroatoms. The number of benzene rings is 2. The van der Waals surface area contributed by atoms with Gasteiger partial charge in [-0.05, 0) is 61.8 Å². The van der Waals surface area contributed by atoms with E-state index in [1.54, 1.807) is 6.92 Å². The van der Waals surface area contributed by atoms with Crippen LogP contribution in [0.15, 0.2) is 56.6 Å². The minimum atomic E-state index is -4.10. The Morgan fingerprint density at radius 2 is 1.88 bits per heavy atom. The van der Waals surface area contributed by atoms with Gasteiger partial charge < -0.3 is 14.5 Å². The van der Waals surface area contributed by atoms with Gasteiger partial charge in [-0.25, -0.2) is 18.0 Å². The standard InChI is InChI=1S/C22H25N3O7S2/c1-4-31-21(27)14-5-7-15(8-6-14)23-20(26)17(11-12-33-3)24-34(29,30)16-9-10-18-19(13-16)32-22(28)25(18)2/h5-10,13,17,24H,4,11-12H2,1-3H3,(H,23,26)/t17-/m0/s1. The molecular formula is C22H25N3O7S2. The molecule has 3 aromatic rings. The number of thioether (sulfide) groups is 1. The summed E-state index contributed by atoms with van der Waals surface area (Å²) in [5.41, 5.74) is 1.32. The normalized spacial score (nSPS) is 12.4. The van der Waals surface area contributed by atoms with Crippen LogP contribution in [0.1, 0.15) is 23.7 Å². The van der Waals surface area contributed by atoms with E-state index >= 15 is 0 Å².